The molecule has 1 aromatic heterocycles. The van der Waals surface area contributed by atoms with Crippen LogP contribution in [-0.4, -0.2) is 36.4 Å². The van der Waals surface area contributed by atoms with Gasteiger partial charge in [-0.1, -0.05) is 3.89 Å². The highest BCUT2D eigenvalue weighted by Gasteiger charge is 2.30. The van der Waals surface area contributed by atoms with E-state index in [0.29, 0.717) is 25.6 Å². The molecule has 15 heavy (non-hydrogen) atoms. The fraction of sp³-hybridized carbons (Fsp3) is 0.714. The molecule has 2 heterocycles. The molecule has 0 unspecified atom stereocenters. The Balaban J connectivity index is 2.45. The predicted molar refractivity (Wildman–Crippen MR) is 47.5 cm³/mol. The molecule has 1 saturated heterocycles. The fourth-order valence-corrected chi connectivity index (χ4v) is 2.09. The molecule has 0 atom stereocenters. The summed E-state index contributed by atoms with van der Waals surface area (Å²) in [6.45, 7) is 2.98. The van der Waals surface area contributed by atoms with Gasteiger partial charge in [-0.3, -0.25) is 4.57 Å². The largest absolute Gasteiger partial charge is 0.380 e. The second kappa shape index (κ2) is 3.53. The third-order valence-corrected chi connectivity index (χ3v) is 3.02. The Morgan fingerprint density at radius 2 is 2.20 bits per heavy atom. The molecule has 0 radical (unpaired) electrons. The van der Waals surface area contributed by atoms with Crippen molar-refractivity contribution in [1.82, 2.24) is 14.8 Å². The maximum atomic E-state index is 12.8. The van der Waals surface area contributed by atoms with Crippen molar-refractivity contribution in [3.05, 3.63) is 5.82 Å². The molecule has 2 rings (SSSR count). The number of hydrogen-bond donors (Lipinski definition) is 0. The summed E-state index contributed by atoms with van der Waals surface area (Å²) in [6.07, 6.45) is 0. The van der Waals surface area contributed by atoms with E-state index in [-0.39, 0.29) is 5.92 Å². The summed E-state index contributed by atoms with van der Waals surface area (Å²) in [6, 6.07) is 0. The van der Waals surface area contributed by atoms with Crippen LogP contribution >= 0.6 is 0 Å². The van der Waals surface area contributed by atoms with E-state index in [1.165, 1.54) is 4.57 Å². The van der Waals surface area contributed by atoms with Crippen molar-refractivity contribution in [1.29, 1.82) is 0 Å². The summed E-state index contributed by atoms with van der Waals surface area (Å²) >= 11 is 0. The molecular formula is C7H10FN3O3S. The molecule has 0 spiro atoms. The Hall–Kier alpha value is -1.02. The van der Waals surface area contributed by atoms with E-state index in [0.717, 1.165) is 0 Å². The van der Waals surface area contributed by atoms with Gasteiger partial charge < -0.3 is 4.74 Å². The van der Waals surface area contributed by atoms with Gasteiger partial charge in [-0.25, -0.2) is 0 Å². The minimum Gasteiger partial charge on any atom is -0.380 e. The van der Waals surface area contributed by atoms with E-state index in [1.54, 1.807) is 6.92 Å². The van der Waals surface area contributed by atoms with Crippen LogP contribution < -0.4 is 0 Å². The Bertz CT molecular complexity index is 466. The molecule has 84 valence electrons. The Morgan fingerprint density at radius 1 is 1.53 bits per heavy atom. The van der Waals surface area contributed by atoms with Crippen molar-refractivity contribution in [2.24, 2.45) is 0 Å². The first-order chi connectivity index (χ1) is 7.04. The number of ether oxygens (including phenoxy) is 1. The molecule has 1 fully saturated rings. The van der Waals surface area contributed by atoms with Crippen molar-refractivity contribution in [3.63, 3.8) is 0 Å². The number of aromatic nitrogens is 3. The zero-order valence-electron chi connectivity index (χ0n) is 8.05. The van der Waals surface area contributed by atoms with Gasteiger partial charge in [0.25, 0.3) is 5.16 Å². The Kier molecular flexibility index (Phi) is 2.47. The highest BCUT2D eigenvalue weighted by atomic mass is 32.3. The first kappa shape index (κ1) is 10.5. The standard InChI is InChI=1S/C7H10FN3O3S/c1-2-11-6(5-3-14-4-5)9-10-7(11)15(8,12)13/h5H,2-4H2,1H3. The maximum Gasteiger partial charge on any atom is 0.368 e. The molecule has 1 aliphatic heterocycles. The highest BCUT2D eigenvalue weighted by molar-refractivity contribution is 7.86. The van der Waals surface area contributed by atoms with Crippen molar-refractivity contribution in [3.8, 4) is 0 Å². The maximum absolute atomic E-state index is 12.8. The lowest BCUT2D eigenvalue weighted by Crippen LogP contribution is -2.28. The molecule has 1 aliphatic rings. The van der Waals surface area contributed by atoms with Gasteiger partial charge in [-0.2, -0.15) is 8.42 Å². The molecule has 1 aromatic rings. The van der Waals surface area contributed by atoms with E-state index in [4.69, 9.17) is 4.74 Å². The molecule has 0 N–H and O–H groups in total. The molecule has 0 aliphatic carbocycles. The fourth-order valence-electron chi connectivity index (χ4n) is 1.46. The van der Waals surface area contributed by atoms with E-state index < -0.39 is 15.4 Å². The summed E-state index contributed by atoms with van der Waals surface area (Å²) in [5, 5.41) is 6.43. The van der Waals surface area contributed by atoms with Crippen LogP contribution in [0.3, 0.4) is 0 Å². The first-order valence-corrected chi connectivity index (χ1v) is 5.88. The van der Waals surface area contributed by atoms with Crippen molar-refractivity contribution < 1.29 is 17.0 Å². The SMILES string of the molecule is CCn1c(C2COC2)nnc1S(=O)(=O)F. The van der Waals surface area contributed by atoms with E-state index >= 15 is 0 Å². The lowest BCUT2D eigenvalue weighted by molar-refractivity contribution is 0.00316. The summed E-state index contributed by atoms with van der Waals surface area (Å²) in [5.74, 6) is 0.493. The van der Waals surface area contributed by atoms with Crippen LogP contribution in [0.2, 0.25) is 0 Å². The van der Waals surface area contributed by atoms with Gasteiger partial charge in [0, 0.05) is 6.54 Å². The molecule has 0 amide bonds. The third kappa shape index (κ3) is 1.74. The van der Waals surface area contributed by atoms with Crippen LogP contribution in [0.1, 0.15) is 18.7 Å². The van der Waals surface area contributed by atoms with E-state index in [1.807, 2.05) is 0 Å². The zero-order valence-corrected chi connectivity index (χ0v) is 8.87. The average molecular weight is 235 g/mol. The van der Waals surface area contributed by atoms with Crippen LogP contribution in [0.5, 0.6) is 0 Å². The van der Waals surface area contributed by atoms with Gasteiger partial charge in [-0.15, -0.1) is 10.2 Å². The summed E-state index contributed by atoms with van der Waals surface area (Å²) in [5.41, 5.74) is 0. The number of hydrogen-bond acceptors (Lipinski definition) is 5. The quantitative estimate of drug-likeness (QED) is 0.693. The molecular weight excluding hydrogens is 225 g/mol. The lowest BCUT2D eigenvalue weighted by atomic mass is 10.1. The minimum atomic E-state index is -4.79. The monoisotopic (exact) mass is 235 g/mol. The topological polar surface area (TPSA) is 74.1 Å². The summed E-state index contributed by atoms with van der Waals surface area (Å²) < 4.78 is 40.5. The van der Waals surface area contributed by atoms with Gasteiger partial charge in [0.05, 0.1) is 19.1 Å². The normalized spacial score (nSPS) is 17.7. The van der Waals surface area contributed by atoms with Crippen LogP contribution in [0.25, 0.3) is 0 Å². The van der Waals surface area contributed by atoms with Gasteiger partial charge in [0.2, 0.25) is 0 Å². The van der Waals surface area contributed by atoms with Crippen molar-refractivity contribution in [2.75, 3.05) is 13.2 Å². The van der Waals surface area contributed by atoms with E-state index in [2.05, 4.69) is 10.2 Å². The first-order valence-electron chi connectivity index (χ1n) is 4.49. The second-order valence-corrected chi connectivity index (χ2v) is 4.50. The molecule has 0 bridgehead atoms. The Labute approximate surface area is 86.3 Å². The number of halogens is 1. The van der Waals surface area contributed by atoms with Gasteiger partial charge in [-0.05, 0) is 6.92 Å². The molecule has 0 saturated carbocycles. The smallest absolute Gasteiger partial charge is 0.368 e. The second-order valence-electron chi connectivity index (χ2n) is 3.26. The minimum absolute atomic E-state index is 0.0212. The molecule has 8 heteroatoms. The van der Waals surface area contributed by atoms with Crippen LogP contribution in [0.15, 0.2) is 5.16 Å². The van der Waals surface area contributed by atoms with Gasteiger partial charge in [0.1, 0.15) is 5.82 Å². The predicted octanol–water partition coefficient (Wildman–Crippen LogP) is 0.0700. The molecule has 6 nitrogen and oxygen atoms in total. The lowest BCUT2D eigenvalue weighted by Gasteiger charge is -2.25. The number of rotatable bonds is 3. The highest BCUT2D eigenvalue weighted by Crippen LogP contribution is 2.24. The van der Waals surface area contributed by atoms with Crippen molar-refractivity contribution in [2.45, 2.75) is 24.5 Å². The van der Waals surface area contributed by atoms with Crippen LogP contribution in [-0.2, 0) is 21.5 Å². The van der Waals surface area contributed by atoms with E-state index in [9.17, 15) is 12.3 Å². The van der Waals surface area contributed by atoms with Gasteiger partial charge in [0.15, 0.2) is 0 Å². The summed E-state index contributed by atoms with van der Waals surface area (Å²) in [7, 11) is -4.79. The molecule has 0 aromatic carbocycles. The Morgan fingerprint density at radius 3 is 2.60 bits per heavy atom. The number of nitrogens with zero attached hydrogens (tertiary/aromatic N) is 3. The van der Waals surface area contributed by atoms with Crippen LogP contribution in [0, 0.1) is 0 Å². The van der Waals surface area contributed by atoms with Crippen molar-refractivity contribution >= 4 is 10.2 Å². The average Bonchev–Trinajstić information content (AvgIpc) is 2.43. The van der Waals surface area contributed by atoms with Gasteiger partial charge >= 0.3 is 10.2 Å². The third-order valence-electron chi connectivity index (χ3n) is 2.28. The summed E-state index contributed by atoms with van der Waals surface area (Å²) in [4.78, 5) is 0. The van der Waals surface area contributed by atoms with Crippen LogP contribution in [0.4, 0.5) is 3.89 Å². The zero-order chi connectivity index (χ0) is 11.1.